The average Bonchev–Trinajstić information content (AvgIpc) is 2.88. The summed E-state index contributed by atoms with van der Waals surface area (Å²) in [4.78, 5) is 36.6. The van der Waals surface area contributed by atoms with Crippen LogP contribution in [0.15, 0.2) is 15.7 Å². The van der Waals surface area contributed by atoms with E-state index in [0.29, 0.717) is 28.2 Å². The summed E-state index contributed by atoms with van der Waals surface area (Å²) in [6.45, 7) is 0.803. The number of aromatic nitrogens is 2. The van der Waals surface area contributed by atoms with Crippen molar-refractivity contribution in [1.29, 1.82) is 0 Å². The molecule has 0 fully saturated rings. The van der Waals surface area contributed by atoms with Gasteiger partial charge in [0, 0.05) is 27.7 Å². The van der Waals surface area contributed by atoms with Crippen LogP contribution in [0.1, 0.15) is 9.67 Å². The van der Waals surface area contributed by atoms with E-state index in [1.165, 1.54) is 17.7 Å². The first-order chi connectivity index (χ1) is 9.47. The normalized spacial score (nSPS) is 10.9. The largest absolute Gasteiger partial charge is 0.383 e. The maximum Gasteiger partial charge on any atom is 0.331 e. The van der Waals surface area contributed by atoms with Gasteiger partial charge in [0.15, 0.2) is 0 Å². The number of thiophene rings is 1. The maximum atomic E-state index is 12.0. The lowest BCUT2D eigenvalue weighted by Gasteiger charge is -2.02. The Kier molecular flexibility index (Phi) is 4.05. The molecule has 2 heterocycles. The summed E-state index contributed by atoms with van der Waals surface area (Å²) >= 11 is 1.12. The molecule has 0 unspecified atom stereocenters. The van der Waals surface area contributed by atoms with Crippen molar-refractivity contribution in [2.24, 2.45) is 14.1 Å². The van der Waals surface area contributed by atoms with Crippen molar-refractivity contribution in [2.45, 2.75) is 0 Å². The van der Waals surface area contributed by atoms with Crippen LogP contribution in [0.25, 0.3) is 10.2 Å². The molecule has 2 aromatic rings. The zero-order chi connectivity index (χ0) is 14.9. The van der Waals surface area contributed by atoms with Crippen LogP contribution in [0, 0.1) is 0 Å². The fourth-order valence-electron chi connectivity index (χ4n) is 1.83. The summed E-state index contributed by atoms with van der Waals surface area (Å²) < 4.78 is 7.24. The van der Waals surface area contributed by atoms with Gasteiger partial charge in [-0.15, -0.1) is 11.3 Å². The predicted molar refractivity (Wildman–Crippen MR) is 76.5 cm³/mol. The van der Waals surface area contributed by atoms with E-state index < -0.39 is 11.2 Å². The first kappa shape index (κ1) is 14.5. The van der Waals surface area contributed by atoms with E-state index in [1.807, 2.05) is 0 Å². The molecule has 108 valence electrons. The molecule has 0 saturated carbocycles. The average molecular weight is 297 g/mol. The summed E-state index contributed by atoms with van der Waals surface area (Å²) in [5, 5.41) is 3.05. The van der Waals surface area contributed by atoms with Gasteiger partial charge in [-0.2, -0.15) is 0 Å². The zero-order valence-electron chi connectivity index (χ0n) is 11.4. The highest BCUT2D eigenvalue weighted by molar-refractivity contribution is 7.20. The number of carbonyl (C=O) groups is 1. The van der Waals surface area contributed by atoms with E-state index in [1.54, 1.807) is 14.2 Å². The molecule has 0 spiro atoms. The molecule has 0 aromatic carbocycles. The molecule has 2 aromatic heterocycles. The maximum absolute atomic E-state index is 12.0. The Hall–Kier alpha value is -1.93. The molecule has 1 amide bonds. The smallest absolute Gasteiger partial charge is 0.331 e. The van der Waals surface area contributed by atoms with Crippen molar-refractivity contribution >= 4 is 27.5 Å². The monoisotopic (exact) mass is 297 g/mol. The summed E-state index contributed by atoms with van der Waals surface area (Å²) in [6.07, 6.45) is 0. The fraction of sp³-hybridized carbons (Fsp3) is 0.417. The van der Waals surface area contributed by atoms with Crippen LogP contribution in [0.4, 0.5) is 0 Å². The molecule has 0 radical (unpaired) electrons. The Morgan fingerprint density at radius 1 is 1.35 bits per heavy atom. The van der Waals surface area contributed by atoms with Crippen molar-refractivity contribution < 1.29 is 9.53 Å². The van der Waals surface area contributed by atoms with Crippen LogP contribution in [0.5, 0.6) is 0 Å². The highest BCUT2D eigenvalue weighted by atomic mass is 32.1. The Balaban J connectivity index is 2.47. The molecule has 0 aliphatic heterocycles. The van der Waals surface area contributed by atoms with Crippen molar-refractivity contribution in [1.82, 2.24) is 14.5 Å². The molecule has 2 rings (SSSR count). The SMILES string of the molecule is COCCNC(=O)c1cc2c(=O)n(C)c(=O)n(C)c2s1. The quantitative estimate of drug-likeness (QED) is 0.784. The minimum atomic E-state index is -0.407. The van der Waals surface area contributed by atoms with Crippen molar-refractivity contribution in [2.75, 3.05) is 20.3 Å². The number of nitrogens with zero attached hydrogens (tertiary/aromatic N) is 2. The lowest BCUT2D eigenvalue weighted by Crippen LogP contribution is -2.36. The summed E-state index contributed by atoms with van der Waals surface area (Å²) in [5.41, 5.74) is -0.800. The second-order valence-corrected chi connectivity index (χ2v) is 5.31. The Morgan fingerprint density at radius 2 is 2.05 bits per heavy atom. The molecule has 7 nitrogen and oxygen atoms in total. The molecule has 20 heavy (non-hydrogen) atoms. The number of aryl methyl sites for hydroxylation is 1. The lowest BCUT2D eigenvalue weighted by atomic mass is 10.3. The Labute approximate surface area is 118 Å². The summed E-state index contributed by atoms with van der Waals surface area (Å²) in [5.74, 6) is -0.280. The number of methoxy groups -OCH3 is 1. The van der Waals surface area contributed by atoms with E-state index in [-0.39, 0.29) is 5.91 Å². The van der Waals surface area contributed by atoms with Crippen molar-refractivity contribution in [3.8, 4) is 0 Å². The van der Waals surface area contributed by atoms with Crippen LogP contribution in [-0.4, -0.2) is 35.3 Å². The number of hydrogen-bond donors (Lipinski definition) is 1. The van der Waals surface area contributed by atoms with Gasteiger partial charge in [0.1, 0.15) is 4.83 Å². The predicted octanol–water partition coefficient (Wildman–Crippen LogP) is -0.325. The minimum Gasteiger partial charge on any atom is -0.383 e. The topological polar surface area (TPSA) is 82.3 Å². The molecule has 0 aliphatic rings. The van der Waals surface area contributed by atoms with Gasteiger partial charge in [0.2, 0.25) is 0 Å². The number of hydrogen-bond acceptors (Lipinski definition) is 5. The zero-order valence-corrected chi connectivity index (χ0v) is 12.2. The van der Waals surface area contributed by atoms with Crippen molar-refractivity contribution in [3.63, 3.8) is 0 Å². The Bertz CT molecular complexity index is 771. The number of ether oxygens (including phenoxy) is 1. The van der Waals surface area contributed by atoms with E-state index in [2.05, 4.69) is 5.32 Å². The summed E-state index contributed by atoms with van der Waals surface area (Å²) in [7, 11) is 4.54. The van der Waals surface area contributed by atoms with E-state index >= 15 is 0 Å². The molecule has 0 saturated heterocycles. The second kappa shape index (κ2) is 5.59. The van der Waals surface area contributed by atoms with Gasteiger partial charge in [-0.3, -0.25) is 18.7 Å². The first-order valence-corrected chi connectivity index (χ1v) is 6.75. The number of amides is 1. The first-order valence-electron chi connectivity index (χ1n) is 5.94. The highest BCUT2D eigenvalue weighted by Crippen LogP contribution is 2.21. The molecule has 8 heteroatoms. The molecule has 1 N–H and O–H groups in total. The van der Waals surface area contributed by atoms with E-state index in [9.17, 15) is 14.4 Å². The van der Waals surface area contributed by atoms with Gasteiger partial charge in [-0.1, -0.05) is 0 Å². The van der Waals surface area contributed by atoms with E-state index in [4.69, 9.17) is 4.74 Å². The third-order valence-corrected chi connectivity index (χ3v) is 4.15. The standard InChI is InChI=1S/C12H15N3O4S/c1-14-10(17)7-6-8(9(16)13-4-5-19-3)20-11(7)15(2)12(14)18/h6H,4-5H2,1-3H3,(H,13,16). The van der Waals surface area contributed by atoms with Crippen LogP contribution in [0.2, 0.25) is 0 Å². The molecule has 0 bridgehead atoms. The number of fused-ring (bicyclic) bond motifs is 1. The Morgan fingerprint density at radius 3 is 2.70 bits per heavy atom. The lowest BCUT2D eigenvalue weighted by molar-refractivity contribution is 0.0941. The van der Waals surface area contributed by atoms with Gasteiger partial charge in [-0.05, 0) is 6.07 Å². The van der Waals surface area contributed by atoms with Gasteiger partial charge in [-0.25, -0.2) is 4.79 Å². The second-order valence-electron chi connectivity index (χ2n) is 4.28. The van der Waals surface area contributed by atoms with Gasteiger partial charge < -0.3 is 10.1 Å². The van der Waals surface area contributed by atoms with Crippen LogP contribution >= 0.6 is 11.3 Å². The summed E-state index contributed by atoms with van der Waals surface area (Å²) in [6, 6.07) is 1.52. The van der Waals surface area contributed by atoms with Crippen LogP contribution in [0.3, 0.4) is 0 Å². The van der Waals surface area contributed by atoms with Gasteiger partial charge in [0.05, 0.1) is 16.9 Å². The van der Waals surface area contributed by atoms with Crippen LogP contribution < -0.4 is 16.6 Å². The third-order valence-electron chi connectivity index (χ3n) is 2.94. The molecular weight excluding hydrogens is 282 g/mol. The molecule has 0 atom stereocenters. The van der Waals surface area contributed by atoms with E-state index in [0.717, 1.165) is 15.9 Å². The van der Waals surface area contributed by atoms with Crippen molar-refractivity contribution in [3.05, 3.63) is 31.8 Å². The molecular formula is C12H15N3O4S. The van der Waals surface area contributed by atoms with Crippen LogP contribution in [-0.2, 0) is 18.8 Å². The minimum absolute atomic E-state index is 0.280. The van der Waals surface area contributed by atoms with Gasteiger partial charge in [0.25, 0.3) is 11.5 Å². The number of carbonyl (C=O) groups excluding carboxylic acids is 1. The number of nitrogens with one attached hydrogen (secondary N) is 1. The third kappa shape index (κ3) is 2.39. The highest BCUT2D eigenvalue weighted by Gasteiger charge is 2.16. The molecule has 0 aliphatic carbocycles. The number of rotatable bonds is 4. The van der Waals surface area contributed by atoms with Gasteiger partial charge >= 0.3 is 5.69 Å². The fourth-order valence-corrected chi connectivity index (χ4v) is 2.85.